The van der Waals surface area contributed by atoms with Crippen LogP contribution in [0, 0.1) is 0 Å². The lowest BCUT2D eigenvalue weighted by Gasteiger charge is -2.17. The van der Waals surface area contributed by atoms with Crippen molar-refractivity contribution in [3.8, 4) is 17.2 Å². The number of rotatable bonds is 2. The Morgan fingerprint density at radius 1 is 1.39 bits per heavy atom. The topological polar surface area (TPSA) is 81.3 Å². The summed E-state index contributed by atoms with van der Waals surface area (Å²) in [5.41, 5.74) is 0.127. The van der Waals surface area contributed by atoms with Crippen LogP contribution in [0.15, 0.2) is 23.0 Å². The predicted molar refractivity (Wildman–Crippen MR) is 61.7 cm³/mol. The van der Waals surface area contributed by atoms with Gasteiger partial charge in [0.05, 0.1) is 11.8 Å². The van der Waals surface area contributed by atoms with Gasteiger partial charge in [0, 0.05) is 12.8 Å². The third-order valence-electron chi connectivity index (χ3n) is 3.09. The highest BCUT2D eigenvalue weighted by Crippen LogP contribution is 2.34. The van der Waals surface area contributed by atoms with Crippen molar-refractivity contribution in [1.29, 1.82) is 0 Å². The van der Waals surface area contributed by atoms with Gasteiger partial charge in [0.2, 0.25) is 5.82 Å². The number of hydrogen-bond acceptors (Lipinski definition) is 6. The lowest BCUT2D eigenvalue weighted by molar-refractivity contribution is 0.00768. The molecule has 2 aromatic rings. The molecule has 6 heteroatoms. The van der Waals surface area contributed by atoms with Gasteiger partial charge in [-0.25, -0.2) is 0 Å². The second-order valence-corrected chi connectivity index (χ2v) is 4.54. The van der Waals surface area contributed by atoms with E-state index >= 15 is 0 Å². The Hall–Kier alpha value is -1.95. The molecule has 0 bridgehead atoms. The second-order valence-electron chi connectivity index (χ2n) is 4.54. The molecule has 0 amide bonds. The highest BCUT2D eigenvalue weighted by molar-refractivity contribution is 5.53. The number of aromatic nitrogens is 3. The van der Waals surface area contributed by atoms with Crippen molar-refractivity contribution in [2.24, 2.45) is 0 Å². The third kappa shape index (κ3) is 1.84. The summed E-state index contributed by atoms with van der Waals surface area (Å²) in [6.07, 6.45) is 4.79. The van der Waals surface area contributed by atoms with Crippen molar-refractivity contribution < 1.29 is 14.4 Å². The van der Waals surface area contributed by atoms with Gasteiger partial charge in [0.1, 0.15) is 11.4 Å². The van der Waals surface area contributed by atoms with E-state index in [1.165, 1.54) is 12.3 Å². The fourth-order valence-electron chi connectivity index (χ4n) is 2.06. The van der Waals surface area contributed by atoms with Gasteiger partial charge in [-0.2, -0.15) is 4.98 Å². The summed E-state index contributed by atoms with van der Waals surface area (Å²) in [5.74, 6) is 0.944. The van der Waals surface area contributed by atoms with Gasteiger partial charge < -0.3 is 14.4 Å². The SMILES string of the molecule is CC1(c2noc(-c3cncc(O)c3)n2)CCCO1. The molecule has 1 aliphatic rings. The second kappa shape index (κ2) is 4.06. The maximum absolute atomic E-state index is 9.37. The van der Waals surface area contributed by atoms with Gasteiger partial charge in [-0.15, -0.1) is 0 Å². The van der Waals surface area contributed by atoms with Crippen LogP contribution in [0.2, 0.25) is 0 Å². The van der Waals surface area contributed by atoms with Crippen molar-refractivity contribution in [3.63, 3.8) is 0 Å². The molecule has 18 heavy (non-hydrogen) atoms. The van der Waals surface area contributed by atoms with Crippen LogP contribution in [-0.2, 0) is 10.3 Å². The van der Waals surface area contributed by atoms with Crippen LogP contribution >= 0.6 is 0 Å². The van der Waals surface area contributed by atoms with E-state index in [1.54, 1.807) is 6.20 Å². The average molecular weight is 247 g/mol. The smallest absolute Gasteiger partial charge is 0.259 e. The first-order valence-electron chi connectivity index (χ1n) is 5.80. The van der Waals surface area contributed by atoms with Gasteiger partial charge >= 0.3 is 0 Å². The Morgan fingerprint density at radius 2 is 2.28 bits per heavy atom. The van der Waals surface area contributed by atoms with Crippen molar-refractivity contribution >= 4 is 0 Å². The molecule has 1 aliphatic heterocycles. The van der Waals surface area contributed by atoms with Crippen molar-refractivity contribution in [3.05, 3.63) is 24.3 Å². The Balaban J connectivity index is 1.94. The molecule has 0 spiro atoms. The molecule has 0 aromatic carbocycles. The first-order valence-corrected chi connectivity index (χ1v) is 5.80. The molecule has 0 saturated carbocycles. The van der Waals surface area contributed by atoms with E-state index in [4.69, 9.17) is 9.26 Å². The summed E-state index contributed by atoms with van der Waals surface area (Å²) in [4.78, 5) is 8.20. The summed E-state index contributed by atoms with van der Waals surface area (Å²) in [6.45, 7) is 2.67. The van der Waals surface area contributed by atoms with E-state index in [2.05, 4.69) is 15.1 Å². The predicted octanol–water partition coefficient (Wildman–Crippen LogP) is 1.86. The highest BCUT2D eigenvalue weighted by atomic mass is 16.5. The highest BCUT2D eigenvalue weighted by Gasteiger charge is 2.36. The first-order chi connectivity index (χ1) is 8.67. The van der Waals surface area contributed by atoms with Gasteiger partial charge in [-0.05, 0) is 25.8 Å². The molecule has 0 aliphatic carbocycles. The molecule has 0 radical (unpaired) electrons. The van der Waals surface area contributed by atoms with Crippen LogP contribution in [0.5, 0.6) is 5.75 Å². The summed E-state index contributed by atoms with van der Waals surface area (Å²) in [5, 5.41) is 13.3. The molecule has 94 valence electrons. The van der Waals surface area contributed by atoms with Crippen molar-refractivity contribution in [2.45, 2.75) is 25.4 Å². The number of aromatic hydroxyl groups is 1. The zero-order valence-electron chi connectivity index (χ0n) is 9.96. The zero-order valence-corrected chi connectivity index (χ0v) is 9.96. The Bertz CT molecular complexity index is 561. The lowest BCUT2D eigenvalue weighted by Crippen LogP contribution is -2.21. The van der Waals surface area contributed by atoms with Crippen LogP contribution < -0.4 is 0 Å². The third-order valence-corrected chi connectivity index (χ3v) is 3.09. The summed E-state index contributed by atoms with van der Waals surface area (Å²) in [7, 11) is 0. The minimum Gasteiger partial charge on any atom is -0.506 e. The minimum absolute atomic E-state index is 0.0654. The quantitative estimate of drug-likeness (QED) is 0.872. The van der Waals surface area contributed by atoms with Crippen LogP contribution in [0.3, 0.4) is 0 Å². The molecule has 2 aromatic heterocycles. The zero-order chi connectivity index (χ0) is 12.6. The summed E-state index contributed by atoms with van der Waals surface area (Å²) in [6, 6.07) is 1.53. The maximum atomic E-state index is 9.37. The van der Waals surface area contributed by atoms with Crippen LogP contribution in [-0.4, -0.2) is 26.8 Å². The van der Waals surface area contributed by atoms with Gasteiger partial charge in [-0.1, -0.05) is 5.16 Å². The Labute approximate surface area is 104 Å². The van der Waals surface area contributed by atoms with Gasteiger partial charge in [0.15, 0.2) is 0 Å². The van der Waals surface area contributed by atoms with E-state index < -0.39 is 5.60 Å². The fraction of sp³-hybridized carbons (Fsp3) is 0.417. The molecule has 1 saturated heterocycles. The van der Waals surface area contributed by atoms with Crippen LogP contribution in [0.1, 0.15) is 25.6 Å². The van der Waals surface area contributed by atoms with Crippen LogP contribution in [0.25, 0.3) is 11.5 Å². The number of pyridine rings is 1. The molecular weight excluding hydrogens is 234 g/mol. The van der Waals surface area contributed by atoms with Gasteiger partial charge in [-0.3, -0.25) is 4.98 Å². The van der Waals surface area contributed by atoms with Crippen LogP contribution in [0.4, 0.5) is 0 Å². The van der Waals surface area contributed by atoms with Crippen molar-refractivity contribution in [2.75, 3.05) is 6.61 Å². The van der Waals surface area contributed by atoms with E-state index in [9.17, 15) is 5.11 Å². The summed E-state index contributed by atoms with van der Waals surface area (Å²) < 4.78 is 10.8. The molecule has 6 nitrogen and oxygen atoms in total. The number of ether oxygens (including phenoxy) is 1. The number of hydrogen-bond donors (Lipinski definition) is 1. The molecule has 1 unspecified atom stereocenters. The number of nitrogens with zero attached hydrogens (tertiary/aromatic N) is 3. The normalized spacial score (nSPS) is 23.4. The van der Waals surface area contributed by atoms with E-state index in [1.807, 2.05) is 6.92 Å². The monoisotopic (exact) mass is 247 g/mol. The first kappa shape index (κ1) is 11.2. The Morgan fingerprint density at radius 3 is 3.00 bits per heavy atom. The molecular formula is C12H13N3O3. The fourth-order valence-corrected chi connectivity index (χ4v) is 2.06. The standard InChI is InChI=1S/C12H13N3O3/c1-12(3-2-4-17-12)11-14-10(18-15-11)8-5-9(16)7-13-6-8/h5-7,16H,2-4H2,1H3. The minimum atomic E-state index is -0.466. The Kier molecular flexibility index (Phi) is 2.52. The van der Waals surface area contributed by atoms with E-state index in [-0.39, 0.29) is 5.75 Å². The largest absolute Gasteiger partial charge is 0.506 e. The molecule has 3 rings (SSSR count). The molecule has 1 fully saturated rings. The lowest BCUT2D eigenvalue weighted by atomic mass is 10.0. The average Bonchev–Trinajstić information content (AvgIpc) is 2.98. The molecule has 3 heterocycles. The van der Waals surface area contributed by atoms with E-state index in [0.29, 0.717) is 23.9 Å². The molecule has 1 N–H and O–H groups in total. The maximum Gasteiger partial charge on any atom is 0.259 e. The summed E-state index contributed by atoms with van der Waals surface area (Å²) >= 11 is 0. The van der Waals surface area contributed by atoms with Crippen molar-refractivity contribution in [1.82, 2.24) is 15.1 Å². The van der Waals surface area contributed by atoms with Gasteiger partial charge in [0.25, 0.3) is 5.89 Å². The molecule has 1 atom stereocenters. The van der Waals surface area contributed by atoms with E-state index in [0.717, 1.165) is 12.8 Å².